The number of benzene rings is 2. The number of halogens is 2. The van der Waals surface area contributed by atoms with Crippen molar-refractivity contribution in [3.63, 3.8) is 0 Å². The number of rotatable bonds is 2. The standard InChI is InChI=1S/C16H9ClFNO3S/c17-14-9-15(12-3-1-2-4-13(12)16(14)20)19-23(21,22)11-7-5-10(18)6-8-11/h1-9H. The Hall–Kier alpha value is -2.31. The molecule has 0 spiro atoms. The highest BCUT2D eigenvalue weighted by Crippen LogP contribution is 2.25. The summed E-state index contributed by atoms with van der Waals surface area (Å²) in [4.78, 5) is 11.8. The molecule has 23 heavy (non-hydrogen) atoms. The lowest BCUT2D eigenvalue weighted by Gasteiger charge is -2.14. The molecule has 0 aliphatic heterocycles. The topological polar surface area (TPSA) is 63.6 Å². The summed E-state index contributed by atoms with van der Waals surface area (Å²) in [5, 5.41) is -0.114. The molecule has 0 radical (unpaired) electrons. The Morgan fingerprint density at radius 1 is 0.957 bits per heavy atom. The quantitative estimate of drug-likeness (QED) is 0.835. The molecule has 0 bridgehead atoms. The Kier molecular flexibility index (Phi) is 3.87. The Morgan fingerprint density at radius 2 is 1.57 bits per heavy atom. The van der Waals surface area contributed by atoms with Crippen LogP contribution in [0.4, 0.5) is 4.39 Å². The van der Waals surface area contributed by atoms with Crippen LogP contribution in [0.2, 0.25) is 0 Å². The molecular formula is C16H9ClFNO3S. The van der Waals surface area contributed by atoms with E-state index in [1.807, 2.05) is 0 Å². The van der Waals surface area contributed by atoms with Gasteiger partial charge in [-0.25, -0.2) is 4.39 Å². The third-order valence-corrected chi connectivity index (χ3v) is 4.84. The zero-order valence-electron chi connectivity index (χ0n) is 11.5. The molecule has 0 heterocycles. The summed E-state index contributed by atoms with van der Waals surface area (Å²) in [7, 11) is -4.05. The highest BCUT2D eigenvalue weighted by Gasteiger charge is 2.24. The minimum absolute atomic E-state index is 0.0644. The van der Waals surface area contributed by atoms with Gasteiger partial charge < -0.3 is 0 Å². The van der Waals surface area contributed by atoms with Crippen molar-refractivity contribution in [3.8, 4) is 0 Å². The molecule has 1 aliphatic carbocycles. The second-order valence-electron chi connectivity index (χ2n) is 4.77. The van der Waals surface area contributed by atoms with E-state index >= 15 is 0 Å². The third-order valence-electron chi connectivity index (χ3n) is 3.26. The number of nitrogens with zero attached hydrogens (tertiary/aromatic N) is 1. The number of sulfonamides is 1. The van der Waals surface area contributed by atoms with Crippen molar-refractivity contribution in [3.05, 3.63) is 76.6 Å². The van der Waals surface area contributed by atoms with Gasteiger partial charge in [0.1, 0.15) is 5.82 Å². The van der Waals surface area contributed by atoms with E-state index < -0.39 is 15.8 Å². The van der Waals surface area contributed by atoms with E-state index in [1.54, 1.807) is 24.3 Å². The van der Waals surface area contributed by atoms with Crippen molar-refractivity contribution in [2.45, 2.75) is 4.90 Å². The summed E-state index contributed by atoms with van der Waals surface area (Å²) in [6.07, 6.45) is 1.22. The summed E-state index contributed by atoms with van der Waals surface area (Å²) >= 11 is 5.87. The highest BCUT2D eigenvalue weighted by atomic mass is 35.5. The Bertz CT molecular complexity index is 963. The lowest BCUT2D eigenvalue weighted by Crippen LogP contribution is -2.16. The van der Waals surface area contributed by atoms with Crippen molar-refractivity contribution in [2.24, 2.45) is 4.40 Å². The number of ketones is 1. The fourth-order valence-electron chi connectivity index (χ4n) is 2.16. The van der Waals surface area contributed by atoms with E-state index in [0.29, 0.717) is 5.56 Å². The Labute approximate surface area is 137 Å². The molecule has 0 saturated carbocycles. The van der Waals surface area contributed by atoms with Gasteiger partial charge in [-0.1, -0.05) is 35.9 Å². The normalized spacial score (nSPS) is 16.2. The van der Waals surface area contributed by atoms with Gasteiger partial charge in [0.25, 0.3) is 10.0 Å². The summed E-state index contributed by atoms with van der Waals surface area (Å²) in [6, 6.07) is 10.8. The number of carbonyl (C=O) groups excluding carboxylic acids is 1. The van der Waals surface area contributed by atoms with Crippen LogP contribution >= 0.6 is 11.6 Å². The first kappa shape index (κ1) is 15.6. The number of carbonyl (C=O) groups is 1. The molecule has 116 valence electrons. The first-order valence-corrected chi connectivity index (χ1v) is 8.32. The zero-order valence-corrected chi connectivity index (χ0v) is 13.1. The number of hydrogen-bond acceptors (Lipinski definition) is 3. The maximum absolute atomic E-state index is 12.9. The largest absolute Gasteiger partial charge is 0.288 e. The predicted molar refractivity (Wildman–Crippen MR) is 84.8 cm³/mol. The van der Waals surface area contributed by atoms with Crippen LogP contribution in [-0.2, 0) is 10.0 Å². The molecule has 3 rings (SSSR count). The second-order valence-corrected chi connectivity index (χ2v) is 6.78. The van der Waals surface area contributed by atoms with Crippen LogP contribution in [-0.4, -0.2) is 19.9 Å². The average Bonchev–Trinajstić information content (AvgIpc) is 2.52. The molecule has 2 aromatic carbocycles. The van der Waals surface area contributed by atoms with Gasteiger partial charge in [-0.15, -0.1) is 0 Å². The number of fused-ring (bicyclic) bond motifs is 1. The lowest BCUT2D eigenvalue weighted by molar-refractivity contribution is 0.104. The van der Waals surface area contributed by atoms with Gasteiger partial charge in [0.05, 0.1) is 15.6 Å². The van der Waals surface area contributed by atoms with Crippen LogP contribution in [0.25, 0.3) is 0 Å². The van der Waals surface area contributed by atoms with Crippen LogP contribution in [0.5, 0.6) is 0 Å². The molecule has 0 N–H and O–H groups in total. The molecule has 0 amide bonds. The number of hydrogen-bond donors (Lipinski definition) is 0. The Balaban J connectivity index is 2.15. The molecule has 0 atom stereocenters. The van der Waals surface area contributed by atoms with Gasteiger partial charge in [0.2, 0.25) is 5.78 Å². The lowest BCUT2D eigenvalue weighted by atomic mass is 9.94. The minimum atomic E-state index is -4.05. The van der Waals surface area contributed by atoms with Crippen molar-refractivity contribution in [2.75, 3.05) is 0 Å². The van der Waals surface area contributed by atoms with E-state index in [4.69, 9.17) is 11.6 Å². The summed E-state index contributed by atoms with van der Waals surface area (Å²) in [5.74, 6) is -0.937. The molecule has 0 aromatic heterocycles. The van der Waals surface area contributed by atoms with E-state index in [0.717, 1.165) is 24.3 Å². The molecular weight excluding hydrogens is 341 g/mol. The van der Waals surface area contributed by atoms with Crippen molar-refractivity contribution >= 4 is 33.1 Å². The second kappa shape index (κ2) is 5.72. The zero-order chi connectivity index (χ0) is 16.6. The average molecular weight is 350 g/mol. The smallest absolute Gasteiger partial charge is 0.282 e. The van der Waals surface area contributed by atoms with Crippen molar-refractivity contribution in [1.29, 1.82) is 0 Å². The summed E-state index contributed by atoms with van der Waals surface area (Å²) in [6.45, 7) is 0. The van der Waals surface area contributed by atoms with E-state index in [9.17, 15) is 17.6 Å². The van der Waals surface area contributed by atoms with Gasteiger partial charge in [-0.2, -0.15) is 12.8 Å². The molecule has 2 aromatic rings. The van der Waals surface area contributed by atoms with Gasteiger partial charge in [0.15, 0.2) is 0 Å². The van der Waals surface area contributed by atoms with Crippen LogP contribution < -0.4 is 0 Å². The van der Waals surface area contributed by atoms with Crippen molar-refractivity contribution < 1.29 is 17.6 Å². The van der Waals surface area contributed by atoms with Crippen molar-refractivity contribution in [1.82, 2.24) is 0 Å². The van der Waals surface area contributed by atoms with E-state index in [1.165, 1.54) is 6.08 Å². The summed E-state index contributed by atoms with van der Waals surface area (Å²) < 4.78 is 41.4. The fourth-order valence-corrected chi connectivity index (χ4v) is 3.36. The monoisotopic (exact) mass is 349 g/mol. The molecule has 0 unspecified atom stereocenters. The molecule has 1 aliphatic rings. The maximum atomic E-state index is 12.9. The first-order chi connectivity index (χ1) is 10.9. The first-order valence-electron chi connectivity index (χ1n) is 6.50. The van der Waals surface area contributed by atoms with Gasteiger partial charge in [-0.05, 0) is 30.3 Å². The maximum Gasteiger partial charge on any atom is 0.282 e. The Morgan fingerprint density at radius 3 is 2.22 bits per heavy atom. The molecule has 7 heteroatoms. The fraction of sp³-hybridized carbons (Fsp3) is 0. The summed E-state index contributed by atoms with van der Waals surface area (Å²) in [5.41, 5.74) is 0.732. The van der Waals surface area contributed by atoms with Crippen LogP contribution in [0.1, 0.15) is 15.9 Å². The van der Waals surface area contributed by atoms with Crippen LogP contribution in [0.3, 0.4) is 0 Å². The molecule has 0 fully saturated rings. The van der Waals surface area contributed by atoms with Gasteiger partial charge in [0, 0.05) is 11.1 Å². The molecule has 0 saturated heterocycles. The van der Waals surface area contributed by atoms with Crippen LogP contribution in [0, 0.1) is 5.82 Å². The number of Topliss-reactive ketones (excluding diaryl/α,β-unsaturated/α-hetero) is 1. The highest BCUT2D eigenvalue weighted by molar-refractivity contribution is 7.90. The molecule has 4 nitrogen and oxygen atoms in total. The third kappa shape index (κ3) is 2.95. The van der Waals surface area contributed by atoms with Gasteiger partial charge >= 0.3 is 0 Å². The van der Waals surface area contributed by atoms with E-state index in [2.05, 4.69) is 4.40 Å². The van der Waals surface area contributed by atoms with Gasteiger partial charge in [-0.3, -0.25) is 4.79 Å². The minimum Gasteiger partial charge on any atom is -0.288 e. The SMILES string of the molecule is O=C1C(Cl)=CC(=NS(=O)(=O)c2ccc(F)cc2)c2ccccc21. The number of allylic oxidation sites excluding steroid dienone is 2. The predicted octanol–water partition coefficient (Wildman–Crippen LogP) is 3.32. The van der Waals surface area contributed by atoms with E-state index in [-0.39, 0.29) is 27.0 Å². The van der Waals surface area contributed by atoms with Crippen LogP contribution in [0.15, 0.2) is 68.9 Å².